The van der Waals surface area contributed by atoms with Crippen LogP contribution in [-0.4, -0.2) is 34.3 Å². The number of sulfonamides is 1. The van der Waals surface area contributed by atoms with Crippen LogP contribution in [0.3, 0.4) is 0 Å². The third kappa shape index (κ3) is 2.30. The van der Waals surface area contributed by atoms with Crippen molar-refractivity contribution in [2.24, 2.45) is 5.92 Å². The maximum Gasteiger partial charge on any atom is 0.240 e. The lowest BCUT2D eigenvalue weighted by Gasteiger charge is -2.39. The first-order chi connectivity index (χ1) is 9.51. The molecular weight excluding hydrogens is 285 g/mol. The van der Waals surface area contributed by atoms with E-state index in [-0.39, 0.29) is 28.7 Å². The number of hydrogen-bond acceptors (Lipinski definition) is 4. The Kier molecular flexibility index (Phi) is 3.43. The molecule has 5 nitrogen and oxygen atoms in total. The number of benzene rings is 1. The first kappa shape index (κ1) is 13.8. The zero-order valence-electron chi connectivity index (χ0n) is 11.0. The highest BCUT2D eigenvalue weighted by Crippen LogP contribution is 2.39. The van der Waals surface area contributed by atoms with Crippen molar-refractivity contribution < 1.29 is 22.3 Å². The second-order valence-electron chi connectivity index (χ2n) is 5.12. The highest BCUT2D eigenvalue weighted by atomic mass is 32.2. The van der Waals surface area contributed by atoms with Crippen molar-refractivity contribution in [1.29, 1.82) is 0 Å². The minimum Gasteiger partial charge on any atom is -0.494 e. The minimum absolute atomic E-state index is 0.0249. The fourth-order valence-corrected chi connectivity index (χ4v) is 4.13. The van der Waals surface area contributed by atoms with Crippen molar-refractivity contribution in [3.8, 4) is 5.75 Å². The van der Waals surface area contributed by atoms with Gasteiger partial charge >= 0.3 is 0 Å². The molecule has 0 radical (unpaired) electrons. The summed E-state index contributed by atoms with van der Waals surface area (Å²) < 4.78 is 50.9. The van der Waals surface area contributed by atoms with Gasteiger partial charge in [0.1, 0.15) is 0 Å². The molecule has 1 aromatic rings. The normalized spacial score (nSPS) is 28.8. The second kappa shape index (κ2) is 4.98. The van der Waals surface area contributed by atoms with Gasteiger partial charge in [-0.25, -0.2) is 17.5 Å². The number of fused-ring (bicyclic) bond motifs is 1. The van der Waals surface area contributed by atoms with Crippen molar-refractivity contribution in [2.75, 3.05) is 13.7 Å². The quantitative estimate of drug-likeness (QED) is 0.910. The van der Waals surface area contributed by atoms with Gasteiger partial charge in [-0.3, -0.25) is 0 Å². The molecule has 110 valence electrons. The van der Waals surface area contributed by atoms with Crippen LogP contribution >= 0.6 is 0 Å². The summed E-state index contributed by atoms with van der Waals surface area (Å²) in [6, 6.07) is 3.51. The fourth-order valence-electron chi connectivity index (χ4n) is 2.81. The van der Waals surface area contributed by atoms with Crippen LogP contribution in [0.2, 0.25) is 0 Å². The van der Waals surface area contributed by atoms with Crippen molar-refractivity contribution in [1.82, 2.24) is 4.72 Å². The SMILES string of the molecule is COc1ccc(S(=O)(=O)N[C@@H]2C[C@H]3OCC[C@@H]23)cc1F. The molecule has 3 rings (SSSR count). The number of methoxy groups -OCH3 is 1. The Balaban J connectivity index is 1.76. The van der Waals surface area contributed by atoms with E-state index in [9.17, 15) is 12.8 Å². The Morgan fingerprint density at radius 2 is 2.25 bits per heavy atom. The lowest BCUT2D eigenvalue weighted by atomic mass is 9.77. The first-order valence-electron chi connectivity index (χ1n) is 6.49. The summed E-state index contributed by atoms with van der Waals surface area (Å²) >= 11 is 0. The number of halogens is 1. The molecule has 3 atom stereocenters. The molecule has 2 fully saturated rings. The van der Waals surface area contributed by atoms with E-state index in [1.807, 2.05) is 0 Å². The van der Waals surface area contributed by atoms with Crippen molar-refractivity contribution in [3.63, 3.8) is 0 Å². The van der Waals surface area contributed by atoms with E-state index < -0.39 is 15.8 Å². The summed E-state index contributed by atoms with van der Waals surface area (Å²) in [6.07, 6.45) is 1.73. The summed E-state index contributed by atoms with van der Waals surface area (Å²) in [5.41, 5.74) is 0. The van der Waals surface area contributed by atoms with E-state index in [1.54, 1.807) is 0 Å². The van der Waals surface area contributed by atoms with E-state index in [4.69, 9.17) is 9.47 Å². The molecule has 0 amide bonds. The third-order valence-corrected chi connectivity index (χ3v) is 5.49. The third-order valence-electron chi connectivity index (χ3n) is 4.00. The second-order valence-corrected chi connectivity index (χ2v) is 6.84. The number of rotatable bonds is 4. The molecule has 7 heteroatoms. The van der Waals surface area contributed by atoms with E-state index in [1.165, 1.54) is 19.2 Å². The van der Waals surface area contributed by atoms with Gasteiger partial charge in [0.25, 0.3) is 0 Å². The molecule has 2 aliphatic rings. The van der Waals surface area contributed by atoms with Gasteiger partial charge < -0.3 is 9.47 Å². The Labute approximate surface area is 117 Å². The lowest BCUT2D eigenvalue weighted by molar-refractivity contribution is 0.0143. The number of ether oxygens (including phenoxy) is 2. The molecule has 1 N–H and O–H groups in total. The molecule has 1 aliphatic heterocycles. The highest BCUT2D eigenvalue weighted by molar-refractivity contribution is 7.89. The van der Waals surface area contributed by atoms with E-state index in [2.05, 4.69) is 4.72 Å². The zero-order chi connectivity index (χ0) is 14.3. The van der Waals surface area contributed by atoms with Crippen LogP contribution in [0.15, 0.2) is 23.1 Å². The molecule has 1 aromatic carbocycles. The summed E-state index contributed by atoms with van der Waals surface area (Å²) in [6.45, 7) is 0.685. The molecule has 1 heterocycles. The van der Waals surface area contributed by atoms with Crippen LogP contribution in [0, 0.1) is 11.7 Å². The largest absolute Gasteiger partial charge is 0.494 e. The molecule has 20 heavy (non-hydrogen) atoms. The van der Waals surface area contributed by atoms with Gasteiger partial charge in [-0.05, 0) is 31.0 Å². The van der Waals surface area contributed by atoms with Crippen molar-refractivity contribution in [2.45, 2.75) is 29.9 Å². The molecule has 0 spiro atoms. The molecule has 1 saturated carbocycles. The van der Waals surface area contributed by atoms with Crippen LogP contribution in [-0.2, 0) is 14.8 Å². The summed E-state index contributed by atoms with van der Waals surface area (Å²) in [5, 5.41) is 0. The van der Waals surface area contributed by atoms with Gasteiger partial charge in [0.2, 0.25) is 10.0 Å². The van der Waals surface area contributed by atoms with Crippen LogP contribution < -0.4 is 9.46 Å². The average Bonchev–Trinajstić information content (AvgIpc) is 2.77. The van der Waals surface area contributed by atoms with Crippen molar-refractivity contribution in [3.05, 3.63) is 24.0 Å². The summed E-state index contributed by atoms with van der Waals surface area (Å²) in [7, 11) is -2.37. The molecule has 0 bridgehead atoms. The molecule has 1 saturated heterocycles. The standard InChI is InChI=1S/C13H16FNO4S/c1-18-12-3-2-8(6-10(12)14)20(16,17)15-11-7-13-9(11)4-5-19-13/h2-3,6,9,11,13,15H,4-5,7H2,1H3/t9-,11+,13+/m0/s1. The van der Waals surface area contributed by atoms with Crippen molar-refractivity contribution >= 4 is 10.0 Å². The molecule has 0 aromatic heterocycles. The van der Waals surface area contributed by atoms with Gasteiger partial charge in [0, 0.05) is 18.6 Å². The van der Waals surface area contributed by atoms with Crippen LogP contribution in [0.25, 0.3) is 0 Å². The smallest absolute Gasteiger partial charge is 0.240 e. The van der Waals surface area contributed by atoms with Crippen LogP contribution in [0.5, 0.6) is 5.75 Å². The van der Waals surface area contributed by atoms with Crippen LogP contribution in [0.1, 0.15) is 12.8 Å². The Morgan fingerprint density at radius 1 is 1.45 bits per heavy atom. The van der Waals surface area contributed by atoms with Gasteiger partial charge in [-0.2, -0.15) is 0 Å². The minimum atomic E-state index is -3.71. The molecule has 0 unspecified atom stereocenters. The van der Waals surface area contributed by atoms with Gasteiger partial charge in [0.05, 0.1) is 18.1 Å². The topological polar surface area (TPSA) is 64.6 Å². The number of nitrogens with one attached hydrogen (secondary N) is 1. The monoisotopic (exact) mass is 301 g/mol. The average molecular weight is 301 g/mol. The van der Waals surface area contributed by atoms with Gasteiger partial charge in [-0.1, -0.05) is 0 Å². The van der Waals surface area contributed by atoms with Crippen LogP contribution in [0.4, 0.5) is 4.39 Å². The van der Waals surface area contributed by atoms with E-state index in [0.29, 0.717) is 13.0 Å². The predicted octanol–water partition coefficient (Wildman–Crippen LogP) is 1.29. The highest BCUT2D eigenvalue weighted by Gasteiger charge is 2.46. The predicted molar refractivity (Wildman–Crippen MR) is 69.5 cm³/mol. The molecular formula is C13H16FNO4S. The van der Waals surface area contributed by atoms with E-state index >= 15 is 0 Å². The fraction of sp³-hybridized carbons (Fsp3) is 0.538. The maximum atomic E-state index is 13.6. The van der Waals surface area contributed by atoms with Gasteiger partial charge in [-0.15, -0.1) is 0 Å². The Morgan fingerprint density at radius 3 is 2.90 bits per heavy atom. The summed E-state index contributed by atoms with van der Waals surface area (Å²) in [4.78, 5) is -0.0850. The Hall–Kier alpha value is -1.18. The first-order valence-corrected chi connectivity index (χ1v) is 7.97. The van der Waals surface area contributed by atoms with E-state index in [0.717, 1.165) is 12.5 Å². The summed E-state index contributed by atoms with van der Waals surface area (Å²) in [5.74, 6) is -0.421. The lowest BCUT2D eigenvalue weighted by Crippen LogP contribution is -2.53. The Bertz CT molecular complexity index is 619. The zero-order valence-corrected chi connectivity index (χ0v) is 11.8. The van der Waals surface area contributed by atoms with Gasteiger partial charge in [0.15, 0.2) is 11.6 Å². The molecule has 1 aliphatic carbocycles. The maximum absolute atomic E-state index is 13.6. The number of hydrogen-bond donors (Lipinski definition) is 1.